The summed E-state index contributed by atoms with van der Waals surface area (Å²) in [6.07, 6.45) is -1.20. The predicted octanol–water partition coefficient (Wildman–Crippen LogP) is 4.50. The van der Waals surface area contributed by atoms with Gasteiger partial charge in [0.05, 0.1) is 17.2 Å². The lowest BCUT2D eigenvalue weighted by Gasteiger charge is -2.38. The summed E-state index contributed by atoms with van der Waals surface area (Å²) in [4.78, 5) is 30.7. The number of carbonyl (C=O) groups is 1. The van der Waals surface area contributed by atoms with Crippen LogP contribution in [0.2, 0.25) is 0 Å². The number of fused-ring (bicyclic) bond motifs is 1. The molecule has 1 heterocycles. The molecule has 0 aliphatic heterocycles. The first-order valence-corrected chi connectivity index (χ1v) is 9.01. The first kappa shape index (κ1) is 20.4. The van der Waals surface area contributed by atoms with Crippen molar-refractivity contribution >= 4 is 17.0 Å². The fourth-order valence-corrected chi connectivity index (χ4v) is 3.50. The summed E-state index contributed by atoms with van der Waals surface area (Å²) in [5.41, 5.74) is -1.32. The van der Waals surface area contributed by atoms with Gasteiger partial charge in [0.15, 0.2) is 0 Å². The van der Waals surface area contributed by atoms with Gasteiger partial charge >= 0.3 is 6.09 Å². The summed E-state index contributed by atoms with van der Waals surface area (Å²) in [5.74, 6) is -1.28. The summed E-state index contributed by atoms with van der Waals surface area (Å²) in [6, 6.07) is 8.39. The van der Waals surface area contributed by atoms with E-state index in [4.69, 9.17) is 0 Å². The molecule has 0 saturated heterocycles. The molecule has 6 nitrogen and oxygen atoms in total. The summed E-state index contributed by atoms with van der Waals surface area (Å²) in [6.45, 7) is 6.72. The van der Waals surface area contributed by atoms with E-state index in [0.29, 0.717) is 0 Å². The number of nitrogens with zero attached hydrogens (tertiary/aromatic N) is 3. The van der Waals surface area contributed by atoms with Crippen LogP contribution in [-0.4, -0.2) is 31.2 Å². The maximum atomic E-state index is 14.4. The van der Waals surface area contributed by atoms with Crippen LogP contribution in [0.15, 0.2) is 47.3 Å². The fourth-order valence-electron chi connectivity index (χ4n) is 3.50. The van der Waals surface area contributed by atoms with Crippen LogP contribution < -0.4 is 5.56 Å². The van der Waals surface area contributed by atoms with Gasteiger partial charge in [0.1, 0.15) is 22.8 Å². The normalized spacial score (nSPS) is 12.8. The van der Waals surface area contributed by atoms with E-state index in [1.807, 2.05) is 0 Å². The van der Waals surface area contributed by atoms with Gasteiger partial charge in [-0.25, -0.2) is 18.6 Å². The second-order valence-electron chi connectivity index (χ2n) is 7.72. The number of hydrogen-bond acceptors (Lipinski definition) is 3. The van der Waals surface area contributed by atoms with Crippen molar-refractivity contribution in [3.63, 3.8) is 0 Å². The van der Waals surface area contributed by atoms with Gasteiger partial charge in [0.2, 0.25) is 0 Å². The molecule has 0 bridgehead atoms. The Morgan fingerprint density at radius 3 is 2.41 bits per heavy atom. The van der Waals surface area contributed by atoms with Crippen molar-refractivity contribution in [2.45, 2.75) is 39.3 Å². The molecule has 0 aliphatic carbocycles. The highest BCUT2D eigenvalue weighted by Gasteiger charge is 2.34. The van der Waals surface area contributed by atoms with Crippen molar-refractivity contribution in [3.8, 4) is 5.69 Å². The average molecular weight is 401 g/mol. The monoisotopic (exact) mass is 401 g/mol. The van der Waals surface area contributed by atoms with E-state index in [1.54, 1.807) is 27.7 Å². The van der Waals surface area contributed by atoms with Crippen molar-refractivity contribution in [3.05, 3.63) is 70.3 Å². The molecule has 3 rings (SSSR count). The van der Waals surface area contributed by atoms with Gasteiger partial charge in [-0.3, -0.25) is 14.3 Å². The fraction of sp³-hybridized carbons (Fsp3) is 0.286. The molecule has 1 amide bonds. The minimum atomic E-state index is -1.20. The Balaban J connectivity index is 2.41. The Morgan fingerprint density at radius 1 is 1.17 bits per heavy atom. The molecule has 29 heavy (non-hydrogen) atoms. The zero-order valence-corrected chi connectivity index (χ0v) is 16.5. The molecule has 1 atom stereocenters. The van der Waals surface area contributed by atoms with Gasteiger partial charge in [0, 0.05) is 5.54 Å². The molecule has 1 unspecified atom stereocenters. The van der Waals surface area contributed by atoms with Gasteiger partial charge in [-0.2, -0.15) is 0 Å². The highest BCUT2D eigenvalue weighted by molar-refractivity contribution is 5.79. The zero-order valence-electron chi connectivity index (χ0n) is 16.5. The standard InChI is InChI=1S/C21H21F2N3O3/c1-12(26(20(28)29)21(2,3)4)18-24-16-10-6-9-15(23)17(16)19(27)25(18)14-8-5-7-13(22)11-14/h5-12H,1-4H3,(H,28,29). The maximum absolute atomic E-state index is 14.4. The zero-order chi connectivity index (χ0) is 21.5. The number of halogens is 2. The third-order valence-corrected chi connectivity index (χ3v) is 4.63. The number of benzene rings is 2. The lowest BCUT2D eigenvalue weighted by molar-refractivity contribution is 0.0719. The van der Waals surface area contributed by atoms with Gasteiger partial charge in [0.25, 0.3) is 5.56 Å². The molecule has 1 aromatic heterocycles. The minimum absolute atomic E-state index is 0.0658. The van der Waals surface area contributed by atoms with Crippen molar-refractivity contribution in [1.82, 2.24) is 14.5 Å². The average Bonchev–Trinajstić information content (AvgIpc) is 2.59. The van der Waals surface area contributed by atoms with Crippen LogP contribution in [0.5, 0.6) is 0 Å². The Hall–Kier alpha value is -3.29. The number of carboxylic acid groups (broad SMARTS) is 1. The molecular formula is C21H21F2N3O3. The topological polar surface area (TPSA) is 75.4 Å². The van der Waals surface area contributed by atoms with Crippen molar-refractivity contribution in [2.24, 2.45) is 0 Å². The van der Waals surface area contributed by atoms with Crippen molar-refractivity contribution < 1.29 is 18.7 Å². The number of aromatic nitrogens is 2. The smallest absolute Gasteiger partial charge is 0.408 e. The highest BCUT2D eigenvalue weighted by atomic mass is 19.1. The van der Waals surface area contributed by atoms with Crippen LogP contribution in [0, 0.1) is 11.6 Å². The van der Waals surface area contributed by atoms with Crippen LogP contribution in [0.25, 0.3) is 16.6 Å². The van der Waals surface area contributed by atoms with Gasteiger partial charge in [-0.15, -0.1) is 0 Å². The van der Waals surface area contributed by atoms with Crippen LogP contribution in [0.4, 0.5) is 13.6 Å². The van der Waals surface area contributed by atoms with Crippen LogP contribution in [0.3, 0.4) is 0 Å². The lowest BCUT2D eigenvalue weighted by atomic mass is 10.0. The minimum Gasteiger partial charge on any atom is -0.465 e. The highest BCUT2D eigenvalue weighted by Crippen LogP contribution is 2.29. The summed E-state index contributed by atoms with van der Waals surface area (Å²) in [5, 5.41) is 9.52. The van der Waals surface area contributed by atoms with Gasteiger partial charge in [-0.05, 0) is 58.0 Å². The molecule has 2 aromatic carbocycles. The van der Waals surface area contributed by atoms with Gasteiger partial charge in [-0.1, -0.05) is 12.1 Å². The Kier molecular flexibility index (Phi) is 5.13. The van der Waals surface area contributed by atoms with E-state index in [-0.39, 0.29) is 22.4 Å². The largest absolute Gasteiger partial charge is 0.465 e. The number of rotatable bonds is 3. The third kappa shape index (κ3) is 3.70. The second-order valence-corrected chi connectivity index (χ2v) is 7.72. The third-order valence-electron chi connectivity index (χ3n) is 4.63. The van der Waals surface area contributed by atoms with Crippen molar-refractivity contribution in [1.29, 1.82) is 0 Å². The second kappa shape index (κ2) is 7.27. The molecule has 1 N–H and O–H groups in total. The summed E-state index contributed by atoms with van der Waals surface area (Å²) in [7, 11) is 0. The molecule has 0 fully saturated rings. The number of amides is 1. The van der Waals surface area contributed by atoms with Crippen molar-refractivity contribution in [2.75, 3.05) is 0 Å². The molecule has 0 spiro atoms. The van der Waals surface area contributed by atoms with Crippen LogP contribution >= 0.6 is 0 Å². The molecule has 3 aromatic rings. The van der Waals surface area contributed by atoms with E-state index >= 15 is 0 Å². The Labute approximate surface area is 166 Å². The summed E-state index contributed by atoms with van der Waals surface area (Å²) < 4.78 is 29.3. The first-order chi connectivity index (χ1) is 13.5. The molecule has 0 saturated carbocycles. The van der Waals surface area contributed by atoms with E-state index in [0.717, 1.165) is 21.6 Å². The summed E-state index contributed by atoms with van der Waals surface area (Å²) >= 11 is 0. The number of hydrogen-bond donors (Lipinski definition) is 1. The molecular weight excluding hydrogens is 380 g/mol. The molecule has 152 valence electrons. The van der Waals surface area contributed by atoms with Crippen LogP contribution in [0.1, 0.15) is 39.6 Å². The SMILES string of the molecule is CC(c1nc2cccc(F)c2c(=O)n1-c1cccc(F)c1)N(C(=O)O)C(C)(C)C. The van der Waals surface area contributed by atoms with E-state index in [9.17, 15) is 23.5 Å². The van der Waals surface area contributed by atoms with E-state index in [2.05, 4.69) is 4.98 Å². The Morgan fingerprint density at radius 2 is 1.83 bits per heavy atom. The molecule has 8 heteroatoms. The molecule has 0 aliphatic rings. The van der Waals surface area contributed by atoms with Crippen LogP contribution in [-0.2, 0) is 0 Å². The lowest BCUT2D eigenvalue weighted by Crippen LogP contribution is -2.47. The quantitative estimate of drug-likeness (QED) is 0.701. The predicted molar refractivity (Wildman–Crippen MR) is 105 cm³/mol. The van der Waals surface area contributed by atoms with Gasteiger partial charge < -0.3 is 5.11 Å². The van der Waals surface area contributed by atoms with E-state index < -0.39 is 34.9 Å². The molecule has 0 radical (unpaired) electrons. The maximum Gasteiger partial charge on any atom is 0.408 e. The van der Waals surface area contributed by atoms with E-state index in [1.165, 1.54) is 30.3 Å². The first-order valence-electron chi connectivity index (χ1n) is 9.01. The Bertz CT molecular complexity index is 1150.